The molecule has 0 saturated carbocycles. The molecule has 6 nitrogen and oxygen atoms in total. The number of rotatable bonds is 6. The fourth-order valence-electron chi connectivity index (χ4n) is 1.99. The number of carbonyl (C=O) groups is 1. The molecule has 0 spiro atoms. The Hall–Kier alpha value is -2.18. The van der Waals surface area contributed by atoms with E-state index in [-0.39, 0.29) is 5.91 Å². The summed E-state index contributed by atoms with van der Waals surface area (Å²) in [6.07, 6.45) is 0. The van der Waals surface area contributed by atoms with E-state index in [0.29, 0.717) is 35.5 Å². The zero-order valence-corrected chi connectivity index (χ0v) is 14.1. The van der Waals surface area contributed by atoms with Crippen molar-refractivity contribution in [3.63, 3.8) is 0 Å². The molecule has 1 amide bonds. The summed E-state index contributed by atoms with van der Waals surface area (Å²) in [5.41, 5.74) is 2.81. The van der Waals surface area contributed by atoms with Gasteiger partial charge in [0.1, 0.15) is 5.69 Å². The van der Waals surface area contributed by atoms with Gasteiger partial charge in [-0.05, 0) is 43.7 Å². The van der Waals surface area contributed by atoms with E-state index < -0.39 is 0 Å². The quantitative estimate of drug-likeness (QED) is 0.794. The van der Waals surface area contributed by atoms with Crippen LogP contribution in [0.1, 0.15) is 21.7 Å². The fourth-order valence-corrected chi connectivity index (χ4v) is 2.21. The lowest BCUT2D eigenvalue weighted by Gasteiger charge is -2.10. The largest absolute Gasteiger partial charge is 0.383 e. The Morgan fingerprint density at radius 3 is 2.74 bits per heavy atom. The molecule has 1 heterocycles. The van der Waals surface area contributed by atoms with Gasteiger partial charge in [0.25, 0.3) is 5.91 Å². The predicted molar refractivity (Wildman–Crippen MR) is 90.4 cm³/mol. The van der Waals surface area contributed by atoms with Crippen LogP contribution >= 0.6 is 11.6 Å². The summed E-state index contributed by atoms with van der Waals surface area (Å²) in [6, 6.07) is 7.12. The van der Waals surface area contributed by atoms with Crippen molar-refractivity contribution in [1.29, 1.82) is 0 Å². The van der Waals surface area contributed by atoms with Crippen molar-refractivity contribution < 1.29 is 9.53 Å². The number of aromatic nitrogens is 2. The van der Waals surface area contributed by atoms with Gasteiger partial charge in [-0.1, -0.05) is 11.6 Å². The summed E-state index contributed by atoms with van der Waals surface area (Å²) < 4.78 is 4.91. The SMILES string of the molecule is COCCNC(=O)c1cc(C)nc(Nc2ccc(Cl)cc2C)n1. The minimum absolute atomic E-state index is 0.261. The number of aryl methyl sites for hydroxylation is 2. The van der Waals surface area contributed by atoms with Crippen LogP contribution in [0.4, 0.5) is 11.6 Å². The zero-order valence-electron chi connectivity index (χ0n) is 13.3. The molecule has 2 aromatic rings. The number of nitrogens with zero attached hydrogens (tertiary/aromatic N) is 2. The highest BCUT2D eigenvalue weighted by molar-refractivity contribution is 6.30. The van der Waals surface area contributed by atoms with E-state index in [9.17, 15) is 4.79 Å². The van der Waals surface area contributed by atoms with Gasteiger partial charge in [0.15, 0.2) is 0 Å². The van der Waals surface area contributed by atoms with Gasteiger partial charge in [-0.25, -0.2) is 9.97 Å². The van der Waals surface area contributed by atoms with E-state index in [0.717, 1.165) is 11.3 Å². The minimum atomic E-state index is -0.261. The van der Waals surface area contributed by atoms with Crippen LogP contribution in [-0.4, -0.2) is 36.1 Å². The van der Waals surface area contributed by atoms with E-state index in [1.807, 2.05) is 26.0 Å². The number of anilines is 2. The van der Waals surface area contributed by atoms with Crippen molar-refractivity contribution in [3.05, 3.63) is 46.2 Å². The van der Waals surface area contributed by atoms with Crippen molar-refractivity contribution in [3.8, 4) is 0 Å². The smallest absolute Gasteiger partial charge is 0.270 e. The Morgan fingerprint density at radius 1 is 1.26 bits per heavy atom. The van der Waals surface area contributed by atoms with Crippen LogP contribution in [0, 0.1) is 13.8 Å². The lowest BCUT2D eigenvalue weighted by atomic mass is 10.2. The summed E-state index contributed by atoms with van der Waals surface area (Å²) in [5.74, 6) is 0.107. The number of carbonyl (C=O) groups excluding carboxylic acids is 1. The number of nitrogens with one attached hydrogen (secondary N) is 2. The molecule has 7 heteroatoms. The van der Waals surface area contributed by atoms with Crippen molar-refractivity contribution >= 4 is 29.1 Å². The van der Waals surface area contributed by atoms with Gasteiger partial charge < -0.3 is 15.4 Å². The normalized spacial score (nSPS) is 10.4. The first-order chi connectivity index (χ1) is 11.0. The Labute approximate surface area is 140 Å². The van der Waals surface area contributed by atoms with Crippen LogP contribution in [0.3, 0.4) is 0 Å². The minimum Gasteiger partial charge on any atom is -0.383 e. The highest BCUT2D eigenvalue weighted by atomic mass is 35.5. The average molecular weight is 335 g/mol. The van der Waals surface area contributed by atoms with Crippen LogP contribution in [0.2, 0.25) is 5.02 Å². The first-order valence-corrected chi connectivity index (χ1v) is 7.53. The topological polar surface area (TPSA) is 76.1 Å². The number of benzene rings is 1. The van der Waals surface area contributed by atoms with Gasteiger partial charge in [-0.2, -0.15) is 0 Å². The number of amides is 1. The molecule has 0 aliphatic carbocycles. The summed E-state index contributed by atoms with van der Waals surface area (Å²) in [4.78, 5) is 20.7. The molecule has 0 aliphatic heterocycles. The van der Waals surface area contributed by atoms with Crippen LogP contribution < -0.4 is 10.6 Å². The maximum Gasteiger partial charge on any atom is 0.270 e. The van der Waals surface area contributed by atoms with Crippen molar-refractivity contribution in [1.82, 2.24) is 15.3 Å². The van der Waals surface area contributed by atoms with Gasteiger partial charge in [0, 0.05) is 30.1 Å². The highest BCUT2D eigenvalue weighted by Crippen LogP contribution is 2.22. The molecule has 0 atom stereocenters. The number of hydrogen-bond donors (Lipinski definition) is 2. The molecule has 2 rings (SSSR count). The fraction of sp³-hybridized carbons (Fsp3) is 0.312. The maximum absolute atomic E-state index is 12.1. The van der Waals surface area contributed by atoms with E-state index >= 15 is 0 Å². The Morgan fingerprint density at radius 2 is 2.04 bits per heavy atom. The van der Waals surface area contributed by atoms with Crippen molar-refractivity contribution in [2.75, 3.05) is 25.6 Å². The highest BCUT2D eigenvalue weighted by Gasteiger charge is 2.11. The second-order valence-electron chi connectivity index (χ2n) is 5.05. The molecule has 0 bridgehead atoms. The first-order valence-electron chi connectivity index (χ1n) is 7.15. The van der Waals surface area contributed by atoms with Crippen LogP contribution in [0.5, 0.6) is 0 Å². The van der Waals surface area contributed by atoms with Gasteiger partial charge in [-0.3, -0.25) is 4.79 Å². The molecule has 122 valence electrons. The van der Waals surface area contributed by atoms with Gasteiger partial charge in [0.05, 0.1) is 6.61 Å². The standard InChI is InChI=1S/C16H19ClN4O2/c1-10-8-12(17)4-5-13(10)20-16-19-11(2)9-14(21-16)15(22)18-6-7-23-3/h4-5,8-9H,6-7H2,1-3H3,(H,18,22)(H,19,20,21). The molecule has 0 aliphatic rings. The van der Waals surface area contributed by atoms with Crippen molar-refractivity contribution in [2.45, 2.75) is 13.8 Å². The molecule has 0 saturated heterocycles. The number of halogens is 1. The Kier molecular flexibility index (Phi) is 5.90. The van der Waals surface area contributed by atoms with Gasteiger partial charge in [0.2, 0.25) is 5.95 Å². The molecule has 0 fully saturated rings. The van der Waals surface area contributed by atoms with Gasteiger partial charge in [-0.15, -0.1) is 0 Å². The van der Waals surface area contributed by atoms with Crippen molar-refractivity contribution in [2.24, 2.45) is 0 Å². The third-order valence-electron chi connectivity index (χ3n) is 3.11. The molecule has 0 unspecified atom stereocenters. The van der Waals surface area contributed by atoms with E-state index in [1.165, 1.54) is 0 Å². The molecule has 0 radical (unpaired) electrons. The zero-order chi connectivity index (χ0) is 16.8. The molecule has 2 N–H and O–H groups in total. The average Bonchev–Trinajstić information content (AvgIpc) is 2.50. The van der Waals surface area contributed by atoms with Crippen LogP contribution in [0.15, 0.2) is 24.3 Å². The third kappa shape index (κ3) is 4.91. The summed E-state index contributed by atoms with van der Waals surface area (Å²) >= 11 is 5.95. The summed E-state index contributed by atoms with van der Waals surface area (Å²) in [5, 5.41) is 6.52. The third-order valence-corrected chi connectivity index (χ3v) is 3.35. The van der Waals surface area contributed by atoms with Gasteiger partial charge >= 0.3 is 0 Å². The molecule has 23 heavy (non-hydrogen) atoms. The molecule has 1 aromatic carbocycles. The summed E-state index contributed by atoms with van der Waals surface area (Å²) in [6.45, 7) is 4.62. The summed E-state index contributed by atoms with van der Waals surface area (Å²) in [7, 11) is 1.58. The van der Waals surface area contributed by atoms with Crippen LogP contribution in [0.25, 0.3) is 0 Å². The second kappa shape index (κ2) is 7.89. The maximum atomic E-state index is 12.1. The number of hydrogen-bond acceptors (Lipinski definition) is 5. The number of ether oxygens (including phenoxy) is 1. The predicted octanol–water partition coefficient (Wildman–Crippen LogP) is 2.87. The van der Waals surface area contributed by atoms with E-state index in [4.69, 9.17) is 16.3 Å². The van der Waals surface area contributed by atoms with Crippen LogP contribution in [-0.2, 0) is 4.74 Å². The monoisotopic (exact) mass is 334 g/mol. The van der Waals surface area contributed by atoms with E-state index in [2.05, 4.69) is 20.6 Å². The molecular formula is C16H19ClN4O2. The van der Waals surface area contributed by atoms with E-state index in [1.54, 1.807) is 19.2 Å². The molecular weight excluding hydrogens is 316 g/mol. The Balaban J connectivity index is 2.18. The second-order valence-corrected chi connectivity index (χ2v) is 5.49. The number of methoxy groups -OCH3 is 1. The lowest BCUT2D eigenvalue weighted by Crippen LogP contribution is -2.28. The molecule has 1 aromatic heterocycles. The lowest BCUT2D eigenvalue weighted by molar-refractivity contribution is 0.0932. The Bertz CT molecular complexity index is 706. The first kappa shape index (κ1) is 17.2.